The zero-order chi connectivity index (χ0) is 41.9. The molecule has 5 aromatic rings. The Bertz CT molecular complexity index is 2060. The van der Waals surface area contributed by atoms with Gasteiger partial charge >= 0.3 is 0 Å². The van der Waals surface area contributed by atoms with Gasteiger partial charge in [0.15, 0.2) is 5.82 Å². The molecule has 0 aliphatic carbocycles. The van der Waals surface area contributed by atoms with Crippen molar-refractivity contribution < 1.29 is 19.1 Å². The van der Waals surface area contributed by atoms with Crippen LogP contribution < -0.4 is 21.1 Å². The Morgan fingerprint density at radius 2 is 1.47 bits per heavy atom. The number of nitrogens with one attached hydrogen (secondary N) is 2. The summed E-state index contributed by atoms with van der Waals surface area (Å²) in [5, 5.41) is 5.68. The summed E-state index contributed by atoms with van der Waals surface area (Å²) in [5.41, 5.74) is 6.94. The minimum absolute atomic E-state index is 0. The van der Waals surface area contributed by atoms with Crippen molar-refractivity contribution in [1.29, 1.82) is 0 Å². The first-order chi connectivity index (χ1) is 27.6. The van der Waals surface area contributed by atoms with E-state index >= 15 is 0 Å². The number of methoxy groups -OCH3 is 1. The van der Waals surface area contributed by atoms with Crippen LogP contribution >= 0.6 is 24.8 Å². The number of anilines is 1. The molecule has 1 saturated heterocycles. The number of ether oxygens (including phenoxy) is 1. The van der Waals surface area contributed by atoms with Crippen LogP contribution in [0.15, 0.2) is 116 Å². The molecule has 324 valence electrons. The van der Waals surface area contributed by atoms with E-state index in [4.69, 9.17) is 10.5 Å². The summed E-state index contributed by atoms with van der Waals surface area (Å²) in [6.45, 7) is 13.0. The summed E-state index contributed by atoms with van der Waals surface area (Å²) in [5.74, 6) is 0.687. The highest BCUT2D eigenvalue weighted by atomic mass is 35.5. The van der Waals surface area contributed by atoms with Gasteiger partial charge in [-0.1, -0.05) is 79.7 Å². The second-order valence-electron chi connectivity index (χ2n) is 16.5. The summed E-state index contributed by atoms with van der Waals surface area (Å²) in [7, 11) is 1.60. The number of hydrogen-bond donors (Lipinski definition) is 3. The highest BCUT2D eigenvalue weighted by Gasteiger charge is 2.41. The topological polar surface area (TPSA) is 149 Å². The van der Waals surface area contributed by atoms with E-state index in [0.29, 0.717) is 37.6 Å². The number of piperidine rings is 1. The average Bonchev–Trinajstić information content (AvgIpc) is 3.95. The predicted octanol–water partition coefficient (Wildman–Crippen LogP) is 7.61. The lowest BCUT2D eigenvalue weighted by atomic mass is 9.88. The number of nitrogens with zero attached hydrogens (tertiary/aromatic N) is 5. The van der Waals surface area contributed by atoms with Gasteiger partial charge in [-0.15, -0.1) is 24.8 Å². The van der Waals surface area contributed by atoms with Gasteiger partial charge in [0.2, 0.25) is 11.8 Å². The zero-order valence-corrected chi connectivity index (χ0v) is 37.5. The number of hydrogen-bond acceptors (Lipinski definition) is 7. The van der Waals surface area contributed by atoms with Crippen molar-refractivity contribution in [3.05, 3.63) is 133 Å². The van der Waals surface area contributed by atoms with E-state index in [1.54, 1.807) is 38.0 Å². The van der Waals surface area contributed by atoms with Crippen LogP contribution in [0.2, 0.25) is 0 Å². The van der Waals surface area contributed by atoms with Gasteiger partial charge < -0.3 is 35.1 Å². The maximum absolute atomic E-state index is 14.2. The number of likely N-dealkylation sites (tertiary alicyclic amines) is 1. The summed E-state index contributed by atoms with van der Waals surface area (Å²) in [6, 6.07) is 27.0. The molecule has 12 nitrogen and oxygen atoms in total. The quantitative estimate of drug-likeness (QED) is 0.104. The van der Waals surface area contributed by atoms with Gasteiger partial charge in [-0.05, 0) is 101 Å². The minimum atomic E-state index is -1.15. The highest BCUT2D eigenvalue weighted by Crippen LogP contribution is 2.33. The second kappa shape index (κ2) is 21.9. The fourth-order valence-electron chi connectivity index (χ4n) is 7.02. The minimum Gasteiger partial charge on any atom is -0.497 e. The number of nitrogens with two attached hydrogens (primary N) is 1. The van der Waals surface area contributed by atoms with Crippen molar-refractivity contribution in [3.8, 4) is 5.75 Å². The van der Waals surface area contributed by atoms with E-state index < -0.39 is 28.9 Å². The van der Waals surface area contributed by atoms with E-state index in [-0.39, 0.29) is 42.1 Å². The van der Waals surface area contributed by atoms with Gasteiger partial charge in [-0.2, -0.15) is 0 Å². The van der Waals surface area contributed by atoms with Crippen LogP contribution in [-0.4, -0.2) is 73.5 Å². The smallest absolute Gasteiger partial charge is 0.253 e. The summed E-state index contributed by atoms with van der Waals surface area (Å²) >= 11 is 0. The van der Waals surface area contributed by atoms with Crippen LogP contribution in [0.5, 0.6) is 5.75 Å². The Labute approximate surface area is 367 Å². The Balaban J connectivity index is 0.000000506. The zero-order valence-electron chi connectivity index (χ0n) is 35.8. The molecule has 14 heteroatoms. The first kappa shape index (κ1) is 49.2. The molecule has 0 spiro atoms. The maximum atomic E-state index is 14.2. The first-order valence-corrected chi connectivity index (χ1v) is 20.1. The molecule has 1 aliphatic rings. The Hall–Kier alpha value is -5.17. The second-order valence-corrected chi connectivity index (χ2v) is 16.5. The van der Waals surface area contributed by atoms with Crippen LogP contribution in [0.4, 0.5) is 5.82 Å². The summed E-state index contributed by atoms with van der Waals surface area (Å²) in [4.78, 5) is 50.9. The van der Waals surface area contributed by atoms with Crippen molar-refractivity contribution in [2.24, 2.45) is 11.7 Å². The molecule has 6 rings (SSSR count). The van der Waals surface area contributed by atoms with Gasteiger partial charge in [-0.25, -0.2) is 9.97 Å². The fourth-order valence-corrected chi connectivity index (χ4v) is 7.02. The van der Waals surface area contributed by atoms with E-state index in [1.807, 2.05) is 91.2 Å². The van der Waals surface area contributed by atoms with E-state index in [9.17, 15) is 14.4 Å². The number of aromatic nitrogens is 4. The van der Waals surface area contributed by atoms with Crippen molar-refractivity contribution in [1.82, 2.24) is 29.3 Å². The van der Waals surface area contributed by atoms with Crippen molar-refractivity contribution in [2.75, 3.05) is 25.5 Å². The molecule has 4 N–H and O–H groups in total. The molecular formula is C46H62Cl2N8O4. The van der Waals surface area contributed by atoms with Crippen molar-refractivity contribution in [3.63, 3.8) is 0 Å². The molecule has 0 bridgehead atoms. The third kappa shape index (κ3) is 12.4. The van der Waals surface area contributed by atoms with Gasteiger partial charge in [0.1, 0.15) is 17.3 Å². The number of imidazole rings is 2. The lowest BCUT2D eigenvalue weighted by Gasteiger charge is -2.39. The van der Waals surface area contributed by atoms with Crippen LogP contribution in [-0.2, 0) is 31.9 Å². The summed E-state index contributed by atoms with van der Waals surface area (Å²) < 4.78 is 9.21. The van der Waals surface area contributed by atoms with Gasteiger partial charge in [-0.3, -0.25) is 14.4 Å². The molecule has 1 unspecified atom stereocenters. The standard InChI is InChI=1S/C34H46N6O4.C12H14N2.2ClH/c1-24-18-20-39(21-19-24)32(43)34(4,26-14-16-27(44-5)17-15-26)40-22-29(36-23-40)38-30(41)28(37-31(42)33(2,3)35)13-9-12-25-10-7-6-8-11-25;1-12(2,14-9-8-13-10-14)11-6-4-3-5-7-11;;/h6-8,10-11,14-17,22-24,28H,9,12-13,18-21,35H2,1-5H3,(H,37,42)(H,38,41);3-10H,1-2H3;2*1H/t28-,34?;;;/m1.../s1. The molecule has 0 saturated carbocycles. The molecule has 0 radical (unpaired) electrons. The van der Waals surface area contributed by atoms with Crippen LogP contribution in [0.25, 0.3) is 0 Å². The predicted molar refractivity (Wildman–Crippen MR) is 243 cm³/mol. The number of rotatable bonds is 14. The Morgan fingerprint density at radius 1 is 0.850 bits per heavy atom. The van der Waals surface area contributed by atoms with Crippen LogP contribution in [0.3, 0.4) is 0 Å². The Kier molecular flexibility index (Phi) is 18.0. The molecular weight excluding hydrogens is 799 g/mol. The molecule has 2 atom stereocenters. The van der Waals surface area contributed by atoms with Gasteiger partial charge in [0.05, 0.1) is 30.8 Å². The normalized spacial score (nSPS) is 14.5. The lowest BCUT2D eigenvalue weighted by molar-refractivity contribution is -0.139. The van der Waals surface area contributed by atoms with Crippen LogP contribution in [0, 0.1) is 5.92 Å². The first-order valence-electron chi connectivity index (χ1n) is 20.1. The monoisotopic (exact) mass is 860 g/mol. The SMILES string of the molecule is CC(C)(c1ccccc1)n1ccnc1.COc1ccc(C(C)(C(=O)N2CCC(C)CC2)n2cnc(NC(=O)[C@@H](CCCc3ccccc3)NC(=O)C(C)(C)N)c2)cc1.Cl.Cl. The average molecular weight is 862 g/mol. The largest absolute Gasteiger partial charge is 0.497 e. The van der Waals surface area contributed by atoms with E-state index in [2.05, 4.69) is 70.2 Å². The number of aryl methyl sites for hydroxylation is 1. The molecule has 3 heterocycles. The van der Waals surface area contributed by atoms with Crippen molar-refractivity contribution in [2.45, 2.75) is 96.3 Å². The van der Waals surface area contributed by atoms with E-state index in [0.717, 1.165) is 30.4 Å². The van der Waals surface area contributed by atoms with Gasteiger partial charge in [0.25, 0.3) is 5.91 Å². The number of halogens is 2. The molecule has 3 aromatic carbocycles. The van der Waals surface area contributed by atoms with Crippen molar-refractivity contribution >= 4 is 48.4 Å². The number of carbonyl (C=O) groups excluding carboxylic acids is 3. The maximum Gasteiger partial charge on any atom is 0.253 e. The Morgan fingerprint density at radius 3 is 2.03 bits per heavy atom. The van der Waals surface area contributed by atoms with Crippen LogP contribution in [0.1, 0.15) is 83.9 Å². The van der Waals surface area contributed by atoms with Gasteiger partial charge in [0, 0.05) is 31.7 Å². The molecule has 1 fully saturated rings. The number of benzene rings is 3. The highest BCUT2D eigenvalue weighted by molar-refractivity contribution is 5.98. The molecule has 3 amide bonds. The lowest BCUT2D eigenvalue weighted by Crippen LogP contribution is -2.54. The fraction of sp³-hybridized carbons (Fsp3) is 0.413. The summed E-state index contributed by atoms with van der Waals surface area (Å²) in [6.07, 6.45) is 12.7. The third-order valence-corrected chi connectivity index (χ3v) is 11.1. The number of amides is 3. The number of carbonyl (C=O) groups is 3. The molecule has 1 aliphatic heterocycles. The molecule has 60 heavy (non-hydrogen) atoms. The molecule has 2 aromatic heterocycles. The van der Waals surface area contributed by atoms with E-state index in [1.165, 1.54) is 5.56 Å². The third-order valence-electron chi connectivity index (χ3n) is 11.1.